The van der Waals surface area contributed by atoms with E-state index in [1.54, 1.807) is 0 Å². The fourth-order valence-electron chi connectivity index (χ4n) is 4.64. The Morgan fingerprint density at radius 3 is 2.45 bits per heavy atom. The number of benzene rings is 1. The van der Waals surface area contributed by atoms with Gasteiger partial charge < -0.3 is 5.32 Å². The standard InChI is InChI=1S/C28H34N4O/c1-20(2)28-31-19-25(23-14-16-29-17-15-23)27(32-28)24-11-8-22(9-12-24)18-30-26(33)13-10-21-6-4-3-5-7-21/h3-7,14-17,19-20,22,24H,8-13,18H2,1-2H3,(H,30,33). The third kappa shape index (κ3) is 6.25. The fourth-order valence-corrected chi connectivity index (χ4v) is 4.64. The number of amides is 1. The zero-order valence-corrected chi connectivity index (χ0v) is 19.7. The molecule has 1 aliphatic carbocycles. The van der Waals surface area contributed by atoms with Crippen molar-refractivity contribution in [3.05, 3.63) is 78.1 Å². The number of carbonyl (C=O) groups excluding carboxylic acids is 1. The lowest BCUT2D eigenvalue weighted by atomic mass is 9.79. The van der Waals surface area contributed by atoms with Crippen LogP contribution < -0.4 is 5.32 Å². The molecule has 1 N–H and O–H groups in total. The summed E-state index contributed by atoms with van der Waals surface area (Å²) < 4.78 is 0. The predicted octanol–water partition coefficient (Wildman–Crippen LogP) is 5.68. The molecule has 1 aromatic carbocycles. The molecule has 5 nitrogen and oxygen atoms in total. The molecule has 2 heterocycles. The van der Waals surface area contributed by atoms with Crippen LogP contribution in [0.2, 0.25) is 0 Å². The Labute approximate surface area is 197 Å². The zero-order valence-electron chi connectivity index (χ0n) is 19.7. The lowest BCUT2D eigenvalue weighted by molar-refractivity contribution is -0.121. The van der Waals surface area contributed by atoms with Crippen LogP contribution in [-0.2, 0) is 11.2 Å². The second-order valence-electron chi connectivity index (χ2n) is 9.43. The minimum atomic E-state index is 0.151. The number of pyridine rings is 1. The number of nitrogens with zero attached hydrogens (tertiary/aromatic N) is 3. The number of hydrogen-bond donors (Lipinski definition) is 1. The molecular formula is C28H34N4O. The van der Waals surface area contributed by atoms with Crippen LogP contribution in [0.3, 0.4) is 0 Å². The van der Waals surface area contributed by atoms with E-state index < -0.39 is 0 Å². The maximum absolute atomic E-state index is 12.3. The second kappa shape index (κ2) is 11.2. The summed E-state index contributed by atoms with van der Waals surface area (Å²) in [6.45, 7) is 5.06. The highest BCUT2D eigenvalue weighted by Gasteiger charge is 2.26. The maximum Gasteiger partial charge on any atom is 0.220 e. The first kappa shape index (κ1) is 23.1. The van der Waals surface area contributed by atoms with Gasteiger partial charge in [0.1, 0.15) is 5.82 Å². The molecule has 1 aliphatic rings. The number of rotatable bonds is 8. The summed E-state index contributed by atoms with van der Waals surface area (Å²) in [7, 11) is 0. The minimum absolute atomic E-state index is 0.151. The molecule has 1 saturated carbocycles. The summed E-state index contributed by atoms with van der Waals surface area (Å²) >= 11 is 0. The lowest BCUT2D eigenvalue weighted by Gasteiger charge is -2.29. The lowest BCUT2D eigenvalue weighted by Crippen LogP contribution is -2.31. The summed E-state index contributed by atoms with van der Waals surface area (Å²) in [5, 5.41) is 3.17. The van der Waals surface area contributed by atoms with E-state index in [-0.39, 0.29) is 5.91 Å². The monoisotopic (exact) mass is 442 g/mol. The van der Waals surface area contributed by atoms with Crippen molar-refractivity contribution in [1.29, 1.82) is 0 Å². The zero-order chi connectivity index (χ0) is 23.0. The molecule has 0 unspecified atom stereocenters. The summed E-state index contributed by atoms with van der Waals surface area (Å²) in [4.78, 5) is 26.1. The Morgan fingerprint density at radius 2 is 1.76 bits per heavy atom. The molecule has 0 aliphatic heterocycles. The first-order chi connectivity index (χ1) is 16.1. The van der Waals surface area contributed by atoms with E-state index in [9.17, 15) is 4.79 Å². The molecule has 0 saturated heterocycles. The van der Waals surface area contributed by atoms with Gasteiger partial charge in [-0.25, -0.2) is 9.97 Å². The van der Waals surface area contributed by atoms with Crippen LogP contribution in [0.25, 0.3) is 11.1 Å². The summed E-state index contributed by atoms with van der Waals surface area (Å²) in [6.07, 6.45) is 11.4. The number of carbonyl (C=O) groups is 1. The Kier molecular flexibility index (Phi) is 7.82. The third-order valence-electron chi connectivity index (χ3n) is 6.65. The van der Waals surface area contributed by atoms with E-state index in [2.05, 4.69) is 41.3 Å². The number of aryl methyl sites for hydroxylation is 1. The highest BCUT2D eigenvalue weighted by atomic mass is 16.1. The number of nitrogens with one attached hydrogen (secondary N) is 1. The van der Waals surface area contributed by atoms with Crippen molar-refractivity contribution in [1.82, 2.24) is 20.3 Å². The largest absolute Gasteiger partial charge is 0.356 e. The molecule has 1 amide bonds. The van der Waals surface area contributed by atoms with Gasteiger partial charge in [-0.3, -0.25) is 9.78 Å². The van der Waals surface area contributed by atoms with Gasteiger partial charge in [0.05, 0.1) is 5.69 Å². The van der Waals surface area contributed by atoms with E-state index >= 15 is 0 Å². The van der Waals surface area contributed by atoms with Gasteiger partial charge in [0.2, 0.25) is 5.91 Å². The van der Waals surface area contributed by atoms with E-state index in [0.29, 0.717) is 24.2 Å². The van der Waals surface area contributed by atoms with Crippen LogP contribution in [0.1, 0.15) is 74.9 Å². The van der Waals surface area contributed by atoms with Gasteiger partial charge in [-0.05, 0) is 61.3 Å². The highest BCUT2D eigenvalue weighted by molar-refractivity contribution is 5.76. The SMILES string of the molecule is CC(C)c1ncc(-c2ccncc2)c(C2CCC(CNC(=O)CCc3ccccc3)CC2)n1. The summed E-state index contributed by atoms with van der Waals surface area (Å²) in [5.74, 6) is 2.34. The Morgan fingerprint density at radius 1 is 1.03 bits per heavy atom. The molecule has 3 aromatic rings. The van der Waals surface area contributed by atoms with Crippen molar-refractivity contribution in [3.63, 3.8) is 0 Å². The molecule has 4 rings (SSSR count). The highest BCUT2D eigenvalue weighted by Crippen LogP contribution is 2.39. The van der Waals surface area contributed by atoms with Gasteiger partial charge in [0.15, 0.2) is 0 Å². The fraction of sp³-hybridized carbons (Fsp3) is 0.429. The van der Waals surface area contributed by atoms with Crippen LogP contribution in [-0.4, -0.2) is 27.4 Å². The molecule has 0 radical (unpaired) electrons. The van der Waals surface area contributed by atoms with Gasteiger partial charge in [0.25, 0.3) is 0 Å². The minimum Gasteiger partial charge on any atom is -0.356 e. The Bertz CT molecular complexity index is 1030. The molecule has 5 heteroatoms. The number of aromatic nitrogens is 3. The predicted molar refractivity (Wildman–Crippen MR) is 132 cm³/mol. The van der Waals surface area contributed by atoms with E-state index in [4.69, 9.17) is 4.98 Å². The molecule has 0 bridgehead atoms. The molecule has 0 spiro atoms. The number of hydrogen-bond acceptors (Lipinski definition) is 4. The second-order valence-corrected chi connectivity index (χ2v) is 9.43. The average molecular weight is 443 g/mol. The van der Waals surface area contributed by atoms with E-state index in [1.807, 2.05) is 48.9 Å². The van der Waals surface area contributed by atoms with Gasteiger partial charge in [0, 0.05) is 49.0 Å². The van der Waals surface area contributed by atoms with E-state index in [0.717, 1.165) is 55.6 Å². The molecular weight excluding hydrogens is 408 g/mol. The normalized spacial score (nSPS) is 18.3. The summed E-state index contributed by atoms with van der Waals surface area (Å²) in [5.41, 5.74) is 4.64. The van der Waals surface area contributed by atoms with Crippen LogP contribution in [0.5, 0.6) is 0 Å². The van der Waals surface area contributed by atoms with Crippen molar-refractivity contribution >= 4 is 5.91 Å². The van der Waals surface area contributed by atoms with Gasteiger partial charge in [-0.1, -0.05) is 44.2 Å². The molecule has 2 aromatic heterocycles. The van der Waals surface area contributed by atoms with Crippen molar-refractivity contribution in [3.8, 4) is 11.1 Å². The maximum atomic E-state index is 12.3. The molecule has 33 heavy (non-hydrogen) atoms. The van der Waals surface area contributed by atoms with Crippen LogP contribution in [0.4, 0.5) is 0 Å². The quantitative estimate of drug-likeness (QED) is 0.487. The van der Waals surface area contributed by atoms with Crippen LogP contribution in [0.15, 0.2) is 61.1 Å². The topological polar surface area (TPSA) is 67.8 Å². The van der Waals surface area contributed by atoms with Crippen molar-refractivity contribution in [2.45, 2.75) is 64.2 Å². The van der Waals surface area contributed by atoms with Gasteiger partial charge >= 0.3 is 0 Å². The van der Waals surface area contributed by atoms with Crippen molar-refractivity contribution < 1.29 is 4.79 Å². The smallest absolute Gasteiger partial charge is 0.220 e. The third-order valence-corrected chi connectivity index (χ3v) is 6.65. The van der Waals surface area contributed by atoms with Crippen LogP contribution >= 0.6 is 0 Å². The average Bonchev–Trinajstić information content (AvgIpc) is 2.87. The van der Waals surface area contributed by atoms with E-state index in [1.165, 1.54) is 11.3 Å². The Balaban J connectivity index is 1.33. The Hall–Kier alpha value is -3.08. The molecule has 0 atom stereocenters. The van der Waals surface area contributed by atoms with Crippen molar-refractivity contribution in [2.75, 3.05) is 6.54 Å². The molecule has 1 fully saturated rings. The molecule has 172 valence electrons. The van der Waals surface area contributed by atoms with Crippen LogP contribution in [0, 0.1) is 5.92 Å². The van der Waals surface area contributed by atoms with Gasteiger partial charge in [-0.2, -0.15) is 0 Å². The first-order valence-corrected chi connectivity index (χ1v) is 12.2. The summed E-state index contributed by atoms with van der Waals surface area (Å²) in [6, 6.07) is 14.3. The van der Waals surface area contributed by atoms with Crippen molar-refractivity contribution in [2.24, 2.45) is 5.92 Å². The first-order valence-electron chi connectivity index (χ1n) is 12.2. The van der Waals surface area contributed by atoms with Gasteiger partial charge in [-0.15, -0.1) is 0 Å².